The third-order valence-corrected chi connectivity index (χ3v) is 19.1. The van der Waals surface area contributed by atoms with E-state index in [1.165, 1.54) is 302 Å². The highest BCUT2D eigenvalue weighted by Crippen LogP contribution is 2.30. The molecule has 2 aromatic heterocycles. The van der Waals surface area contributed by atoms with Crippen LogP contribution in [0.2, 0.25) is 0 Å². The van der Waals surface area contributed by atoms with Gasteiger partial charge in [-0.2, -0.15) is 0 Å². The molecule has 0 atom stereocenters. The van der Waals surface area contributed by atoms with Crippen molar-refractivity contribution < 1.29 is 4.79 Å². The van der Waals surface area contributed by atoms with Crippen molar-refractivity contribution in [1.82, 2.24) is 4.40 Å². The molecule has 0 saturated heterocycles. The maximum atomic E-state index is 15.1. The van der Waals surface area contributed by atoms with Crippen LogP contribution in [0.1, 0.15) is 392 Å². The summed E-state index contributed by atoms with van der Waals surface area (Å²) in [5.41, 5.74) is 4.75. The third kappa shape index (κ3) is 35.7. The number of fused-ring (bicyclic) bond motifs is 1. The van der Waals surface area contributed by atoms with Gasteiger partial charge in [0.1, 0.15) is 0 Å². The molecule has 0 aliphatic carbocycles. The second-order valence-electron chi connectivity index (χ2n) is 25.7. The summed E-state index contributed by atoms with van der Waals surface area (Å²) in [6, 6.07) is 4.10. The van der Waals surface area contributed by atoms with E-state index in [0.717, 1.165) is 75.3 Å². The molecule has 0 bridgehead atoms. The normalized spacial score (nSPS) is 12.8. The Morgan fingerprint density at radius 3 is 1.07 bits per heavy atom. The molecule has 0 spiro atoms. The van der Waals surface area contributed by atoms with Gasteiger partial charge >= 0.3 is 0 Å². The van der Waals surface area contributed by atoms with E-state index >= 15 is 4.79 Å². The van der Waals surface area contributed by atoms with E-state index < -0.39 is 0 Å². The summed E-state index contributed by atoms with van der Waals surface area (Å²) >= 11 is 7.50. The van der Waals surface area contributed by atoms with Crippen molar-refractivity contribution in [3.63, 3.8) is 0 Å². The maximum absolute atomic E-state index is 15.1. The number of carbonyl (C=O) groups excluding carboxylic acids is 1. The fraction of sp³-hybridized carbons (Fsp3) is 0.813. The van der Waals surface area contributed by atoms with Crippen LogP contribution in [0.5, 0.6) is 0 Å². The van der Waals surface area contributed by atoms with Crippen LogP contribution in [-0.2, 0) is 6.42 Å². The molecule has 462 valence electrons. The number of unbranched alkanes of at least 4 members (excludes halogenated alkanes) is 38. The van der Waals surface area contributed by atoms with Crippen molar-refractivity contribution in [3.05, 3.63) is 65.6 Å². The van der Waals surface area contributed by atoms with Crippen LogP contribution in [0.25, 0.3) is 11.1 Å². The molecule has 0 N–H and O–H groups in total. The van der Waals surface area contributed by atoms with Crippen LogP contribution in [0, 0.1) is 11.8 Å². The lowest BCUT2D eigenvalue weighted by atomic mass is 9.87. The summed E-state index contributed by atoms with van der Waals surface area (Å²) in [6.07, 6.45) is 74.0. The number of hydrogen-bond donors (Lipinski definition) is 0. The van der Waals surface area contributed by atoms with Gasteiger partial charge in [0, 0.05) is 5.56 Å². The fourth-order valence-electron chi connectivity index (χ4n) is 13.2. The first-order chi connectivity index (χ1) is 39.1. The Kier molecular flexibility index (Phi) is 48.4. The van der Waals surface area contributed by atoms with Crippen LogP contribution in [-0.4, -0.2) is 10.2 Å². The van der Waals surface area contributed by atoms with Gasteiger partial charge in [-0.1, -0.05) is 364 Å². The van der Waals surface area contributed by atoms with Crippen LogP contribution < -0.4 is 10.8 Å². The number of hydrogen-bond acceptors (Lipinski definition) is 2. The highest BCUT2D eigenvalue weighted by Gasteiger charge is 2.22. The minimum absolute atomic E-state index is 0.0253. The Morgan fingerprint density at radius 2 is 0.750 bits per heavy atom. The van der Waals surface area contributed by atoms with E-state index in [-0.39, 0.29) is 11.3 Å². The first-order valence-electron chi connectivity index (χ1n) is 35.5. The van der Waals surface area contributed by atoms with Crippen molar-refractivity contribution in [2.24, 2.45) is 11.8 Å². The molecule has 0 aliphatic rings. The van der Waals surface area contributed by atoms with Crippen molar-refractivity contribution >= 4 is 48.7 Å². The van der Waals surface area contributed by atoms with Gasteiger partial charge in [-0.3, -0.25) is 14.0 Å². The largest absolute Gasteiger partial charge is 0.294 e. The number of rotatable bonds is 57. The van der Waals surface area contributed by atoms with Gasteiger partial charge in [0.05, 0.1) is 15.3 Å². The Morgan fingerprint density at radius 1 is 0.438 bits per heavy atom. The lowest BCUT2D eigenvalue weighted by Crippen LogP contribution is -2.39. The molecule has 0 radical (unpaired) electrons. The molecule has 5 heteroatoms. The van der Waals surface area contributed by atoms with Crippen molar-refractivity contribution in [3.8, 4) is 0 Å². The number of carbonyl (C=O) groups is 1. The number of aryl methyl sites for hydroxylation is 1. The predicted molar refractivity (Wildman–Crippen MR) is 365 cm³/mol. The number of pyridine rings is 1. The van der Waals surface area contributed by atoms with Crippen LogP contribution in [0.15, 0.2) is 43.7 Å². The molecule has 2 heterocycles. The molecule has 0 unspecified atom stereocenters. The quantitative estimate of drug-likeness (QED) is 0.0376. The minimum atomic E-state index is -0.0547. The molecule has 0 amide bonds. The average molecular weight is 1240 g/mol. The summed E-state index contributed by atoms with van der Waals surface area (Å²) in [7, 11) is 0. The highest BCUT2D eigenvalue weighted by atomic mass is 79.9. The highest BCUT2D eigenvalue weighted by molar-refractivity contribution is 9.11. The molecule has 0 saturated carbocycles. The topological polar surface area (TPSA) is 38.5 Å². The molecule has 2 aromatic rings. The maximum Gasteiger partial charge on any atom is 0.264 e. The number of allylic oxidation sites excluding steroid dienone is 4. The smallest absolute Gasteiger partial charge is 0.264 e. The van der Waals surface area contributed by atoms with Crippen molar-refractivity contribution in [1.29, 1.82) is 0 Å². The Hall–Kier alpha value is -1.46. The molecular formula is C75H131Br2NO2. The van der Waals surface area contributed by atoms with Gasteiger partial charge in [-0.05, 0) is 108 Å². The average Bonchev–Trinajstić information content (AvgIpc) is 3.84. The molecule has 0 aromatic carbocycles. The molecule has 2 rings (SSSR count). The predicted octanol–water partition coefficient (Wildman–Crippen LogP) is 26.1. The van der Waals surface area contributed by atoms with Gasteiger partial charge < -0.3 is 0 Å². The number of ketones is 1. The van der Waals surface area contributed by atoms with E-state index in [0.29, 0.717) is 10.8 Å². The fourth-order valence-corrected chi connectivity index (χ4v) is 13.8. The number of Topliss-reactive ketones (excluding diaryl/α,β-unsaturated/α-hetero) is 1. The molecule has 0 fully saturated rings. The summed E-state index contributed by atoms with van der Waals surface area (Å²) < 4.78 is 3.71. The standard InChI is InChI=1S/C75H131Br2NO2/c1-8-12-16-20-24-28-32-36-40-44-52-67(53-45-41-37-33-29-25-21-17-13-9-2)56-48-50-58-69(64(5)60-61-65(6)76)74-73(66(7)79)70(71-62-63-72(77)78(71)75(74)80)59-51-49-57-68(54-46-42-38-34-30-26-22-18-14-10-3)55-47-43-39-35-31-27-23-19-15-11-4/h60-63,67-68H,8-59H2,1-7H3/b64-60+,65-61+,74-69+. The number of halogens is 2. The first-order valence-corrected chi connectivity index (χ1v) is 37.1. The van der Waals surface area contributed by atoms with Gasteiger partial charge in [0.2, 0.25) is 0 Å². The zero-order chi connectivity index (χ0) is 58.1. The molecule has 0 aliphatic heterocycles. The molecule has 80 heavy (non-hydrogen) atoms. The van der Waals surface area contributed by atoms with Gasteiger partial charge in [-0.25, -0.2) is 0 Å². The van der Waals surface area contributed by atoms with Crippen LogP contribution in [0.3, 0.4) is 0 Å². The number of aromatic nitrogens is 1. The summed E-state index contributed by atoms with van der Waals surface area (Å²) in [4.78, 5) is 29.3. The Labute approximate surface area is 514 Å². The Balaban J connectivity index is 2.30. The van der Waals surface area contributed by atoms with Crippen molar-refractivity contribution in [2.45, 2.75) is 382 Å². The second kappa shape index (κ2) is 51.9. The minimum Gasteiger partial charge on any atom is -0.294 e. The lowest BCUT2D eigenvalue weighted by molar-refractivity contribution is 0.101. The van der Waals surface area contributed by atoms with E-state index in [4.69, 9.17) is 0 Å². The van der Waals surface area contributed by atoms with Gasteiger partial charge in [0.15, 0.2) is 5.78 Å². The summed E-state index contributed by atoms with van der Waals surface area (Å²) in [5.74, 6) is 1.59. The zero-order valence-electron chi connectivity index (χ0n) is 54.3. The second-order valence-corrected chi connectivity index (χ2v) is 27.7. The summed E-state index contributed by atoms with van der Waals surface area (Å²) in [6.45, 7) is 15.2. The van der Waals surface area contributed by atoms with Crippen molar-refractivity contribution in [2.75, 3.05) is 0 Å². The lowest BCUT2D eigenvalue weighted by Gasteiger charge is -2.19. The van der Waals surface area contributed by atoms with E-state index in [2.05, 4.69) is 91.6 Å². The van der Waals surface area contributed by atoms with Crippen LogP contribution in [0.4, 0.5) is 0 Å². The van der Waals surface area contributed by atoms with E-state index in [1.807, 2.05) is 10.5 Å². The molecular weight excluding hydrogens is 1110 g/mol. The zero-order valence-corrected chi connectivity index (χ0v) is 57.4. The first kappa shape index (κ1) is 74.6. The van der Waals surface area contributed by atoms with Gasteiger partial charge in [0.25, 0.3) is 5.56 Å². The van der Waals surface area contributed by atoms with E-state index in [9.17, 15) is 4.79 Å². The summed E-state index contributed by atoms with van der Waals surface area (Å²) in [5, 5.41) is 0.651. The van der Waals surface area contributed by atoms with E-state index in [1.54, 1.807) is 6.92 Å². The number of nitrogens with zero attached hydrogens (tertiary/aromatic N) is 1. The SMILES string of the molecule is CCCCCCCCCCCCC(CCCCCCCCCCCC)CCCCC(/C(C)=C/C=C(\C)Br)=c1/c(C(C)=O)c(CCCCC(CCCCCCCCCCCC)CCCCCCCCCCCC)c2ccc(Br)n2c1=O. The van der Waals surface area contributed by atoms with Gasteiger partial charge in [-0.15, -0.1) is 0 Å². The van der Waals surface area contributed by atoms with Crippen LogP contribution >= 0.6 is 31.9 Å². The monoisotopic (exact) mass is 1240 g/mol. The Bertz CT molecular complexity index is 1920. The molecule has 3 nitrogen and oxygen atoms in total. The third-order valence-electron chi connectivity index (χ3n) is 18.2.